The first-order valence-electron chi connectivity index (χ1n) is 11.2. The van der Waals surface area contributed by atoms with Gasteiger partial charge in [0.05, 0.1) is 17.4 Å². The van der Waals surface area contributed by atoms with Crippen LogP contribution >= 0.6 is 0 Å². The van der Waals surface area contributed by atoms with Gasteiger partial charge in [0.25, 0.3) is 5.91 Å². The van der Waals surface area contributed by atoms with E-state index in [1.54, 1.807) is 46.3 Å². The molecule has 1 aliphatic heterocycles. The van der Waals surface area contributed by atoms with Crippen molar-refractivity contribution in [3.63, 3.8) is 0 Å². The highest BCUT2D eigenvalue weighted by atomic mass is 19.4. The number of pyridine rings is 1. The smallest absolute Gasteiger partial charge is 0.336 e. The third-order valence-corrected chi connectivity index (χ3v) is 6.03. The van der Waals surface area contributed by atoms with Crippen molar-refractivity contribution in [2.24, 2.45) is 0 Å². The van der Waals surface area contributed by atoms with Crippen LogP contribution < -0.4 is 0 Å². The minimum absolute atomic E-state index is 0.201. The minimum Gasteiger partial charge on any atom is -0.336 e. The van der Waals surface area contributed by atoms with Gasteiger partial charge in [-0.25, -0.2) is 4.68 Å². The summed E-state index contributed by atoms with van der Waals surface area (Å²) in [6.45, 7) is 3.26. The molecule has 0 unspecified atom stereocenters. The fourth-order valence-electron chi connectivity index (χ4n) is 4.25. The third-order valence-electron chi connectivity index (χ3n) is 6.03. The van der Waals surface area contributed by atoms with Gasteiger partial charge in [0, 0.05) is 57.5 Å². The van der Waals surface area contributed by atoms with Crippen molar-refractivity contribution in [3.8, 4) is 11.5 Å². The van der Waals surface area contributed by atoms with Gasteiger partial charge in [-0.15, -0.1) is 0 Å². The summed E-state index contributed by atoms with van der Waals surface area (Å²) < 4.78 is 43.0. The highest BCUT2D eigenvalue weighted by Crippen LogP contribution is 2.31. The lowest BCUT2D eigenvalue weighted by molar-refractivity contribution is -0.137. The predicted octanol–water partition coefficient (Wildman–Crippen LogP) is 4.03. The molecule has 1 saturated heterocycles. The summed E-state index contributed by atoms with van der Waals surface area (Å²) in [5.41, 5.74) is 0.897. The normalized spacial score (nSPS) is 14.9. The first-order valence-corrected chi connectivity index (χ1v) is 11.2. The summed E-state index contributed by atoms with van der Waals surface area (Å²) in [7, 11) is 0. The Labute approximate surface area is 200 Å². The molecule has 1 fully saturated rings. The fraction of sp³-hybridized carbons (Fsp3) is 0.240. The van der Waals surface area contributed by atoms with Crippen molar-refractivity contribution in [1.29, 1.82) is 0 Å². The Morgan fingerprint density at radius 2 is 1.71 bits per heavy atom. The van der Waals surface area contributed by atoms with E-state index in [0.717, 1.165) is 24.2 Å². The maximum Gasteiger partial charge on any atom is 0.416 e. The summed E-state index contributed by atoms with van der Waals surface area (Å²) in [5, 5.41) is 4.32. The molecule has 4 aromatic rings. The molecule has 0 radical (unpaired) electrons. The second kappa shape index (κ2) is 9.38. The molecule has 0 spiro atoms. The zero-order chi connectivity index (χ0) is 24.4. The number of carbonyl (C=O) groups excluding carboxylic acids is 1. The molecule has 35 heavy (non-hydrogen) atoms. The van der Waals surface area contributed by atoms with Crippen molar-refractivity contribution >= 4 is 5.91 Å². The molecule has 7 nitrogen and oxygen atoms in total. The molecule has 10 heteroatoms. The molecule has 0 bridgehead atoms. The van der Waals surface area contributed by atoms with Gasteiger partial charge in [-0.05, 0) is 42.0 Å². The number of benzene rings is 1. The Bertz CT molecular complexity index is 1290. The number of hydrogen-bond acceptors (Lipinski definition) is 4. The molecule has 0 saturated carbocycles. The fourth-order valence-corrected chi connectivity index (χ4v) is 4.25. The van der Waals surface area contributed by atoms with Crippen LogP contribution in [0.1, 0.15) is 21.5 Å². The number of aromatic nitrogens is 4. The number of carbonyl (C=O) groups is 1. The average Bonchev–Trinajstić information content (AvgIpc) is 3.54. The summed E-state index contributed by atoms with van der Waals surface area (Å²) >= 11 is 0. The van der Waals surface area contributed by atoms with Gasteiger partial charge in [0.15, 0.2) is 5.82 Å². The summed E-state index contributed by atoms with van der Waals surface area (Å²) in [4.78, 5) is 21.7. The molecule has 0 aliphatic carbocycles. The van der Waals surface area contributed by atoms with E-state index in [2.05, 4.69) is 15.0 Å². The Kier molecular flexibility index (Phi) is 6.12. The Morgan fingerprint density at radius 1 is 0.943 bits per heavy atom. The van der Waals surface area contributed by atoms with Crippen molar-refractivity contribution in [2.45, 2.75) is 12.7 Å². The van der Waals surface area contributed by atoms with E-state index in [1.807, 2.05) is 18.3 Å². The van der Waals surface area contributed by atoms with Crippen LogP contribution in [0.5, 0.6) is 0 Å². The zero-order valence-electron chi connectivity index (χ0n) is 18.8. The van der Waals surface area contributed by atoms with Crippen LogP contribution in [0.25, 0.3) is 11.5 Å². The highest BCUT2D eigenvalue weighted by Gasteiger charge is 2.32. The maximum absolute atomic E-state index is 13.5. The standard InChI is InChI=1S/C25H23F3N6O/c26-25(27,28)20-6-3-7-21(15-20)34-23(32-9-1-2-10-32)22(17-30-34)24(35)33-13-11-31(12-14-33)18-19-5-4-8-29-16-19/h1-10,15-17H,11-14,18H2. The number of piperazine rings is 1. The summed E-state index contributed by atoms with van der Waals surface area (Å²) in [6, 6.07) is 12.4. The summed E-state index contributed by atoms with van der Waals surface area (Å²) in [6.07, 6.45) is 4.00. The molecule has 0 N–H and O–H groups in total. The largest absolute Gasteiger partial charge is 0.416 e. The quantitative estimate of drug-likeness (QED) is 0.433. The van der Waals surface area contributed by atoms with E-state index in [1.165, 1.54) is 16.9 Å². The number of alkyl halides is 3. The second-order valence-electron chi connectivity index (χ2n) is 8.36. The first-order chi connectivity index (χ1) is 16.9. The molecular formula is C25H23F3N6O. The van der Waals surface area contributed by atoms with Crippen LogP contribution in [0, 0.1) is 0 Å². The maximum atomic E-state index is 13.5. The lowest BCUT2D eigenvalue weighted by Crippen LogP contribution is -2.48. The van der Waals surface area contributed by atoms with Gasteiger partial charge in [-0.2, -0.15) is 18.3 Å². The van der Waals surface area contributed by atoms with Crippen LogP contribution in [0.2, 0.25) is 0 Å². The van der Waals surface area contributed by atoms with Crippen LogP contribution in [0.3, 0.4) is 0 Å². The van der Waals surface area contributed by atoms with Crippen LogP contribution in [0.15, 0.2) is 79.5 Å². The number of hydrogen-bond donors (Lipinski definition) is 0. The monoisotopic (exact) mass is 480 g/mol. The van der Waals surface area contributed by atoms with E-state index in [9.17, 15) is 18.0 Å². The van der Waals surface area contributed by atoms with E-state index >= 15 is 0 Å². The molecule has 5 rings (SSSR count). The first kappa shape index (κ1) is 22.9. The molecule has 0 atom stereocenters. The van der Waals surface area contributed by atoms with E-state index in [-0.39, 0.29) is 11.6 Å². The lowest BCUT2D eigenvalue weighted by atomic mass is 10.2. The van der Waals surface area contributed by atoms with Crippen molar-refractivity contribution in [1.82, 2.24) is 29.1 Å². The second-order valence-corrected chi connectivity index (χ2v) is 8.36. The van der Waals surface area contributed by atoms with Crippen LogP contribution in [-0.2, 0) is 12.7 Å². The molecule has 3 aromatic heterocycles. The summed E-state index contributed by atoms with van der Waals surface area (Å²) in [5.74, 6) is 0.199. The van der Waals surface area contributed by atoms with Crippen molar-refractivity contribution in [2.75, 3.05) is 26.2 Å². The number of rotatable bonds is 5. The minimum atomic E-state index is -4.48. The van der Waals surface area contributed by atoms with Gasteiger partial charge < -0.3 is 9.47 Å². The number of amides is 1. The van der Waals surface area contributed by atoms with Gasteiger partial charge >= 0.3 is 6.18 Å². The van der Waals surface area contributed by atoms with E-state index < -0.39 is 11.7 Å². The average molecular weight is 480 g/mol. The predicted molar refractivity (Wildman–Crippen MR) is 123 cm³/mol. The number of nitrogens with zero attached hydrogens (tertiary/aromatic N) is 6. The van der Waals surface area contributed by atoms with Crippen LogP contribution in [0.4, 0.5) is 13.2 Å². The lowest BCUT2D eigenvalue weighted by Gasteiger charge is -2.34. The number of halogens is 3. The van der Waals surface area contributed by atoms with Gasteiger partial charge in [0.1, 0.15) is 5.56 Å². The van der Waals surface area contributed by atoms with Gasteiger partial charge in [-0.3, -0.25) is 14.7 Å². The van der Waals surface area contributed by atoms with Crippen LogP contribution in [-0.4, -0.2) is 61.2 Å². The van der Waals surface area contributed by atoms with E-state index in [0.29, 0.717) is 37.6 Å². The SMILES string of the molecule is O=C(c1cnn(-c2cccc(C(F)(F)F)c2)c1-n1cccc1)N1CCN(Cc2cccnc2)CC1. The Hall–Kier alpha value is -3.92. The van der Waals surface area contributed by atoms with E-state index in [4.69, 9.17) is 0 Å². The topological polar surface area (TPSA) is 59.2 Å². The Balaban J connectivity index is 1.40. The Morgan fingerprint density at radius 3 is 2.40 bits per heavy atom. The molecule has 180 valence electrons. The zero-order valence-corrected chi connectivity index (χ0v) is 18.8. The molecule has 1 aromatic carbocycles. The van der Waals surface area contributed by atoms with Gasteiger partial charge in [-0.1, -0.05) is 12.1 Å². The highest BCUT2D eigenvalue weighted by molar-refractivity contribution is 5.97. The van der Waals surface area contributed by atoms with Gasteiger partial charge in [0.2, 0.25) is 0 Å². The van der Waals surface area contributed by atoms with Crippen molar-refractivity contribution in [3.05, 3.63) is 96.2 Å². The molecule has 1 amide bonds. The van der Waals surface area contributed by atoms with Crippen molar-refractivity contribution < 1.29 is 18.0 Å². The molecule has 4 heterocycles. The third kappa shape index (κ3) is 4.83. The molecule has 1 aliphatic rings. The molecular weight excluding hydrogens is 457 g/mol.